The summed E-state index contributed by atoms with van der Waals surface area (Å²) >= 11 is 0. The van der Waals surface area contributed by atoms with E-state index in [1.165, 1.54) is 0 Å². The van der Waals surface area contributed by atoms with E-state index in [0.717, 1.165) is 36.5 Å². The molecule has 1 N–H and O–H groups in total. The van der Waals surface area contributed by atoms with Crippen molar-refractivity contribution in [1.29, 1.82) is 0 Å². The first-order valence-corrected chi connectivity index (χ1v) is 6.73. The van der Waals surface area contributed by atoms with E-state index < -0.39 is 0 Å². The van der Waals surface area contributed by atoms with Gasteiger partial charge in [-0.05, 0) is 36.2 Å². The third-order valence-electron chi connectivity index (χ3n) is 3.07. The second kappa shape index (κ2) is 6.90. The fourth-order valence-electron chi connectivity index (χ4n) is 2.01. The lowest BCUT2D eigenvalue weighted by Crippen LogP contribution is -2.19. The zero-order valence-corrected chi connectivity index (χ0v) is 11.3. The van der Waals surface area contributed by atoms with Gasteiger partial charge in [-0.2, -0.15) is 0 Å². The Bertz CT molecular complexity index is 499. The highest BCUT2D eigenvalue weighted by atomic mass is 16.3. The summed E-state index contributed by atoms with van der Waals surface area (Å²) in [7, 11) is 0. The van der Waals surface area contributed by atoms with Gasteiger partial charge in [0, 0.05) is 18.4 Å². The van der Waals surface area contributed by atoms with Crippen LogP contribution in [0, 0.1) is 0 Å². The summed E-state index contributed by atoms with van der Waals surface area (Å²) in [6, 6.07) is 14.0. The Morgan fingerprint density at radius 2 is 1.95 bits per heavy atom. The number of anilines is 2. The highest BCUT2D eigenvalue weighted by Gasteiger charge is 2.10. The minimum Gasteiger partial charge on any atom is -0.392 e. The van der Waals surface area contributed by atoms with Crippen LogP contribution >= 0.6 is 0 Å². The summed E-state index contributed by atoms with van der Waals surface area (Å²) in [6.45, 7) is 3.16. The quantitative estimate of drug-likeness (QED) is 0.859. The van der Waals surface area contributed by atoms with Gasteiger partial charge in [-0.25, -0.2) is 4.98 Å². The number of para-hydroxylation sites is 1. The maximum absolute atomic E-state index is 9.24. The van der Waals surface area contributed by atoms with Crippen molar-refractivity contribution in [1.82, 2.24) is 4.98 Å². The molecule has 3 nitrogen and oxygen atoms in total. The molecule has 0 amide bonds. The third-order valence-corrected chi connectivity index (χ3v) is 3.07. The van der Waals surface area contributed by atoms with Gasteiger partial charge >= 0.3 is 0 Å². The maximum Gasteiger partial charge on any atom is 0.133 e. The summed E-state index contributed by atoms with van der Waals surface area (Å²) in [5, 5.41) is 9.24. The van der Waals surface area contributed by atoms with Gasteiger partial charge in [-0.15, -0.1) is 0 Å². The largest absolute Gasteiger partial charge is 0.392 e. The van der Waals surface area contributed by atoms with E-state index in [1.807, 2.05) is 30.3 Å². The molecule has 19 heavy (non-hydrogen) atoms. The van der Waals surface area contributed by atoms with Crippen molar-refractivity contribution in [3.05, 3.63) is 54.2 Å². The molecule has 0 aliphatic rings. The summed E-state index contributed by atoms with van der Waals surface area (Å²) in [5.74, 6) is 0.895. The standard InChI is InChI=1S/C16H20N2O/c1-2-3-11-18(15-7-5-4-6-8-15)16-12-14(13-19)9-10-17-16/h4-10,12,19H,2-3,11,13H2,1H3. The van der Waals surface area contributed by atoms with Gasteiger partial charge in [-0.3, -0.25) is 0 Å². The van der Waals surface area contributed by atoms with E-state index in [0.29, 0.717) is 0 Å². The first-order chi connectivity index (χ1) is 9.35. The molecule has 2 rings (SSSR count). The molecular formula is C16H20N2O. The van der Waals surface area contributed by atoms with E-state index in [2.05, 4.69) is 28.9 Å². The van der Waals surface area contributed by atoms with E-state index in [9.17, 15) is 5.11 Å². The van der Waals surface area contributed by atoms with Gasteiger partial charge in [0.2, 0.25) is 0 Å². The Morgan fingerprint density at radius 3 is 2.63 bits per heavy atom. The van der Waals surface area contributed by atoms with Crippen LogP contribution in [0.5, 0.6) is 0 Å². The lowest BCUT2D eigenvalue weighted by Gasteiger charge is -2.24. The first kappa shape index (κ1) is 13.6. The smallest absolute Gasteiger partial charge is 0.133 e. The Hall–Kier alpha value is -1.87. The predicted octanol–water partition coefficient (Wildman–Crippen LogP) is 3.51. The molecule has 0 saturated heterocycles. The van der Waals surface area contributed by atoms with Crippen molar-refractivity contribution in [2.45, 2.75) is 26.4 Å². The zero-order chi connectivity index (χ0) is 13.5. The molecule has 1 heterocycles. The van der Waals surface area contributed by atoms with Crippen LogP contribution in [0.2, 0.25) is 0 Å². The molecule has 0 unspecified atom stereocenters. The molecule has 0 aliphatic heterocycles. The number of benzene rings is 1. The van der Waals surface area contributed by atoms with Crippen LogP contribution in [0.1, 0.15) is 25.3 Å². The van der Waals surface area contributed by atoms with Crippen LogP contribution in [-0.4, -0.2) is 16.6 Å². The third kappa shape index (κ3) is 3.55. The molecular weight excluding hydrogens is 236 g/mol. The molecule has 1 aromatic carbocycles. The van der Waals surface area contributed by atoms with E-state index >= 15 is 0 Å². The zero-order valence-electron chi connectivity index (χ0n) is 11.3. The number of rotatable bonds is 6. The van der Waals surface area contributed by atoms with Crippen molar-refractivity contribution in [2.24, 2.45) is 0 Å². The molecule has 0 fully saturated rings. The molecule has 0 saturated carbocycles. The number of hydrogen-bond acceptors (Lipinski definition) is 3. The molecule has 0 spiro atoms. The summed E-state index contributed by atoms with van der Waals surface area (Å²) in [5.41, 5.74) is 2.03. The average molecular weight is 256 g/mol. The summed E-state index contributed by atoms with van der Waals surface area (Å²) < 4.78 is 0. The van der Waals surface area contributed by atoms with Crippen molar-refractivity contribution in [3.63, 3.8) is 0 Å². The van der Waals surface area contributed by atoms with E-state index in [4.69, 9.17) is 0 Å². The number of hydrogen-bond donors (Lipinski definition) is 1. The number of unbranched alkanes of at least 4 members (excludes halogenated alkanes) is 1. The van der Waals surface area contributed by atoms with E-state index in [-0.39, 0.29) is 6.61 Å². The van der Waals surface area contributed by atoms with Crippen LogP contribution in [0.25, 0.3) is 0 Å². The topological polar surface area (TPSA) is 36.4 Å². The van der Waals surface area contributed by atoms with Crippen LogP contribution in [-0.2, 0) is 6.61 Å². The minimum atomic E-state index is 0.0475. The van der Waals surface area contributed by atoms with Crippen molar-refractivity contribution >= 4 is 11.5 Å². The summed E-state index contributed by atoms with van der Waals surface area (Å²) in [4.78, 5) is 6.63. The van der Waals surface area contributed by atoms with Crippen molar-refractivity contribution in [3.8, 4) is 0 Å². The number of aromatic nitrogens is 1. The number of pyridine rings is 1. The normalized spacial score (nSPS) is 10.4. The minimum absolute atomic E-state index is 0.0475. The summed E-state index contributed by atoms with van der Waals surface area (Å²) in [6.07, 6.45) is 4.01. The van der Waals surface area contributed by atoms with Crippen LogP contribution < -0.4 is 4.90 Å². The van der Waals surface area contributed by atoms with Gasteiger partial charge in [0.15, 0.2) is 0 Å². The monoisotopic (exact) mass is 256 g/mol. The highest BCUT2D eigenvalue weighted by molar-refractivity contribution is 5.60. The van der Waals surface area contributed by atoms with Gasteiger partial charge in [0.05, 0.1) is 6.61 Å². The second-order valence-electron chi connectivity index (χ2n) is 4.52. The van der Waals surface area contributed by atoms with Gasteiger partial charge in [-0.1, -0.05) is 31.5 Å². The molecule has 0 aliphatic carbocycles. The lowest BCUT2D eigenvalue weighted by atomic mass is 10.2. The number of aliphatic hydroxyl groups is 1. The first-order valence-electron chi connectivity index (χ1n) is 6.73. The molecule has 0 bridgehead atoms. The van der Waals surface area contributed by atoms with Gasteiger partial charge in [0.25, 0.3) is 0 Å². The molecule has 3 heteroatoms. The molecule has 2 aromatic rings. The number of nitrogens with zero attached hydrogens (tertiary/aromatic N) is 2. The van der Waals surface area contributed by atoms with Crippen molar-refractivity contribution < 1.29 is 5.11 Å². The Labute approximate surface area is 114 Å². The van der Waals surface area contributed by atoms with Crippen LogP contribution in [0.15, 0.2) is 48.7 Å². The second-order valence-corrected chi connectivity index (χ2v) is 4.52. The van der Waals surface area contributed by atoms with E-state index in [1.54, 1.807) is 6.20 Å². The molecule has 0 radical (unpaired) electrons. The fourth-order valence-corrected chi connectivity index (χ4v) is 2.01. The SMILES string of the molecule is CCCCN(c1ccccc1)c1cc(CO)ccn1. The Kier molecular flexibility index (Phi) is 4.93. The molecule has 100 valence electrons. The Morgan fingerprint density at radius 1 is 1.16 bits per heavy atom. The Balaban J connectivity index is 2.31. The van der Waals surface area contributed by atoms with Gasteiger partial charge in [0.1, 0.15) is 5.82 Å². The molecule has 1 aromatic heterocycles. The van der Waals surface area contributed by atoms with Crippen LogP contribution in [0.4, 0.5) is 11.5 Å². The average Bonchev–Trinajstić information content (AvgIpc) is 2.49. The lowest BCUT2D eigenvalue weighted by molar-refractivity contribution is 0.282. The maximum atomic E-state index is 9.24. The predicted molar refractivity (Wildman–Crippen MR) is 78.5 cm³/mol. The highest BCUT2D eigenvalue weighted by Crippen LogP contribution is 2.24. The fraction of sp³-hybridized carbons (Fsp3) is 0.312. The number of aliphatic hydroxyl groups excluding tert-OH is 1. The van der Waals surface area contributed by atoms with Crippen molar-refractivity contribution in [2.75, 3.05) is 11.4 Å². The molecule has 0 atom stereocenters. The van der Waals surface area contributed by atoms with Gasteiger partial charge < -0.3 is 10.0 Å². The van der Waals surface area contributed by atoms with Crippen LogP contribution in [0.3, 0.4) is 0 Å².